The van der Waals surface area contributed by atoms with Crippen LogP contribution in [0.3, 0.4) is 0 Å². The predicted molar refractivity (Wildman–Crippen MR) is 77.9 cm³/mol. The Morgan fingerprint density at radius 2 is 2.26 bits per heavy atom. The van der Waals surface area contributed by atoms with Gasteiger partial charge in [0, 0.05) is 18.8 Å². The number of nitrogens with one attached hydrogen (secondary N) is 2. The van der Waals surface area contributed by atoms with E-state index < -0.39 is 0 Å². The summed E-state index contributed by atoms with van der Waals surface area (Å²) in [6, 6.07) is 6.07. The lowest BCUT2D eigenvalue weighted by Crippen LogP contribution is -2.44. The zero-order valence-corrected chi connectivity index (χ0v) is 11.7. The van der Waals surface area contributed by atoms with Crippen LogP contribution in [-0.4, -0.2) is 18.5 Å². The summed E-state index contributed by atoms with van der Waals surface area (Å²) in [5.74, 6) is -0.0854. The lowest BCUT2D eigenvalue weighted by molar-refractivity contribution is -0.121. The summed E-state index contributed by atoms with van der Waals surface area (Å²) >= 11 is 0. The molecule has 0 spiro atoms. The number of fused-ring (bicyclic) bond motifs is 1. The van der Waals surface area contributed by atoms with Crippen LogP contribution >= 0.6 is 0 Å². The number of rotatable bonds is 5. The number of hydrogen-bond acceptors (Lipinski definition) is 3. The van der Waals surface area contributed by atoms with E-state index in [-0.39, 0.29) is 17.9 Å². The quantitative estimate of drug-likeness (QED) is 0.755. The third kappa shape index (κ3) is 3.26. The summed E-state index contributed by atoms with van der Waals surface area (Å²) in [6.45, 7) is 5.69. The molecule has 0 radical (unpaired) electrons. The first-order chi connectivity index (χ1) is 9.09. The van der Waals surface area contributed by atoms with Crippen molar-refractivity contribution in [3.63, 3.8) is 0 Å². The molecular formula is C15H23N3O. The molecule has 1 aromatic rings. The highest BCUT2D eigenvalue weighted by Crippen LogP contribution is 2.26. The van der Waals surface area contributed by atoms with Crippen molar-refractivity contribution in [3.05, 3.63) is 29.3 Å². The zero-order valence-electron chi connectivity index (χ0n) is 11.7. The number of carbonyl (C=O) groups excluding carboxylic acids is 1. The molecule has 1 unspecified atom stereocenters. The molecule has 1 atom stereocenters. The SMILES string of the molecule is CC(C)C(NCc1cccc2c1NCCC2)C(N)=O. The maximum atomic E-state index is 11.4. The average Bonchev–Trinajstić information content (AvgIpc) is 2.38. The van der Waals surface area contributed by atoms with Gasteiger partial charge in [0.15, 0.2) is 0 Å². The standard InChI is InChI=1S/C15H23N3O/c1-10(2)13(15(16)19)18-9-12-6-3-5-11-7-4-8-17-14(11)12/h3,5-6,10,13,17-18H,4,7-9H2,1-2H3,(H2,16,19). The van der Waals surface area contributed by atoms with Crippen molar-refractivity contribution in [1.29, 1.82) is 0 Å². The zero-order chi connectivity index (χ0) is 13.8. The number of primary amides is 1. The Labute approximate surface area is 114 Å². The molecule has 1 aromatic carbocycles. The topological polar surface area (TPSA) is 67.2 Å². The molecule has 1 heterocycles. The van der Waals surface area contributed by atoms with E-state index in [4.69, 9.17) is 5.73 Å². The Balaban J connectivity index is 2.09. The van der Waals surface area contributed by atoms with Crippen molar-refractivity contribution in [1.82, 2.24) is 5.32 Å². The van der Waals surface area contributed by atoms with Crippen molar-refractivity contribution in [2.45, 2.75) is 39.3 Å². The van der Waals surface area contributed by atoms with Gasteiger partial charge >= 0.3 is 0 Å². The lowest BCUT2D eigenvalue weighted by Gasteiger charge is -2.24. The minimum atomic E-state index is -0.284. The number of para-hydroxylation sites is 1. The molecule has 1 amide bonds. The van der Waals surface area contributed by atoms with Gasteiger partial charge in [-0.15, -0.1) is 0 Å². The normalized spacial score (nSPS) is 15.7. The van der Waals surface area contributed by atoms with Gasteiger partial charge in [0.05, 0.1) is 6.04 Å². The number of benzene rings is 1. The molecule has 4 nitrogen and oxygen atoms in total. The first-order valence-electron chi connectivity index (χ1n) is 6.97. The van der Waals surface area contributed by atoms with E-state index in [9.17, 15) is 4.79 Å². The van der Waals surface area contributed by atoms with Gasteiger partial charge in [-0.05, 0) is 29.9 Å². The molecule has 2 rings (SSSR count). The van der Waals surface area contributed by atoms with Crippen LogP contribution in [0.2, 0.25) is 0 Å². The maximum absolute atomic E-state index is 11.4. The van der Waals surface area contributed by atoms with Crippen molar-refractivity contribution >= 4 is 11.6 Å². The van der Waals surface area contributed by atoms with Gasteiger partial charge in [0.2, 0.25) is 5.91 Å². The van der Waals surface area contributed by atoms with E-state index in [0.29, 0.717) is 6.54 Å². The molecule has 0 bridgehead atoms. The minimum Gasteiger partial charge on any atom is -0.385 e. The van der Waals surface area contributed by atoms with Crippen LogP contribution < -0.4 is 16.4 Å². The number of aryl methyl sites for hydroxylation is 1. The Kier molecular flexibility index (Phi) is 4.43. The van der Waals surface area contributed by atoms with Crippen LogP contribution in [0.5, 0.6) is 0 Å². The van der Waals surface area contributed by atoms with E-state index in [2.05, 4.69) is 28.8 Å². The van der Waals surface area contributed by atoms with Gasteiger partial charge in [-0.1, -0.05) is 32.0 Å². The number of nitrogens with two attached hydrogens (primary N) is 1. The highest BCUT2D eigenvalue weighted by molar-refractivity contribution is 5.80. The Morgan fingerprint density at radius 3 is 2.95 bits per heavy atom. The molecule has 104 valence electrons. The number of hydrogen-bond donors (Lipinski definition) is 3. The molecule has 1 aliphatic heterocycles. The fraction of sp³-hybridized carbons (Fsp3) is 0.533. The van der Waals surface area contributed by atoms with E-state index >= 15 is 0 Å². The summed E-state index contributed by atoms with van der Waals surface area (Å²) in [4.78, 5) is 11.4. The Morgan fingerprint density at radius 1 is 1.47 bits per heavy atom. The molecule has 0 saturated carbocycles. The van der Waals surface area contributed by atoms with Gasteiger partial charge in [0.1, 0.15) is 0 Å². The van der Waals surface area contributed by atoms with Gasteiger partial charge in [-0.25, -0.2) is 0 Å². The van der Waals surface area contributed by atoms with Gasteiger partial charge in [-0.3, -0.25) is 4.79 Å². The summed E-state index contributed by atoms with van der Waals surface area (Å²) in [7, 11) is 0. The molecule has 0 fully saturated rings. The Hall–Kier alpha value is -1.55. The molecular weight excluding hydrogens is 238 g/mol. The molecule has 4 N–H and O–H groups in total. The second kappa shape index (κ2) is 6.06. The number of carbonyl (C=O) groups is 1. The van der Waals surface area contributed by atoms with Crippen LogP contribution in [-0.2, 0) is 17.8 Å². The number of amides is 1. The van der Waals surface area contributed by atoms with Gasteiger partial charge in [-0.2, -0.15) is 0 Å². The van der Waals surface area contributed by atoms with E-state index in [0.717, 1.165) is 13.0 Å². The fourth-order valence-corrected chi connectivity index (χ4v) is 2.61. The third-order valence-electron chi connectivity index (χ3n) is 3.65. The second-order valence-electron chi connectivity index (χ2n) is 5.49. The smallest absolute Gasteiger partial charge is 0.234 e. The molecule has 0 aliphatic carbocycles. The van der Waals surface area contributed by atoms with Crippen molar-refractivity contribution in [2.24, 2.45) is 11.7 Å². The van der Waals surface area contributed by atoms with E-state index in [1.54, 1.807) is 0 Å². The lowest BCUT2D eigenvalue weighted by atomic mass is 9.98. The van der Waals surface area contributed by atoms with Gasteiger partial charge in [0.25, 0.3) is 0 Å². The molecule has 4 heteroatoms. The predicted octanol–water partition coefficient (Wildman–Crippen LogP) is 1.64. The van der Waals surface area contributed by atoms with Crippen LogP contribution in [0.25, 0.3) is 0 Å². The van der Waals surface area contributed by atoms with Crippen molar-refractivity contribution < 1.29 is 4.79 Å². The summed E-state index contributed by atoms with van der Waals surface area (Å²) < 4.78 is 0. The second-order valence-corrected chi connectivity index (χ2v) is 5.49. The fourth-order valence-electron chi connectivity index (χ4n) is 2.61. The largest absolute Gasteiger partial charge is 0.385 e. The molecule has 0 saturated heterocycles. The maximum Gasteiger partial charge on any atom is 0.234 e. The molecule has 19 heavy (non-hydrogen) atoms. The first-order valence-corrected chi connectivity index (χ1v) is 6.97. The summed E-state index contributed by atoms with van der Waals surface area (Å²) in [5, 5.41) is 6.73. The summed E-state index contributed by atoms with van der Waals surface area (Å²) in [5.41, 5.74) is 9.23. The minimum absolute atomic E-state index is 0.199. The van der Waals surface area contributed by atoms with Crippen LogP contribution in [0.15, 0.2) is 18.2 Å². The average molecular weight is 261 g/mol. The third-order valence-corrected chi connectivity index (χ3v) is 3.65. The highest BCUT2D eigenvalue weighted by Gasteiger charge is 2.19. The van der Waals surface area contributed by atoms with E-state index in [1.165, 1.54) is 23.2 Å². The van der Waals surface area contributed by atoms with Crippen LogP contribution in [0, 0.1) is 5.92 Å². The van der Waals surface area contributed by atoms with Gasteiger partial charge < -0.3 is 16.4 Å². The monoisotopic (exact) mass is 261 g/mol. The van der Waals surface area contributed by atoms with Crippen LogP contribution in [0.1, 0.15) is 31.4 Å². The first kappa shape index (κ1) is 13.9. The molecule has 1 aliphatic rings. The van der Waals surface area contributed by atoms with Crippen LogP contribution in [0.4, 0.5) is 5.69 Å². The number of anilines is 1. The van der Waals surface area contributed by atoms with Crippen molar-refractivity contribution in [3.8, 4) is 0 Å². The summed E-state index contributed by atoms with van der Waals surface area (Å²) in [6.07, 6.45) is 2.30. The Bertz CT molecular complexity index is 457. The highest BCUT2D eigenvalue weighted by atomic mass is 16.1. The molecule has 0 aromatic heterocycles. The van der Waals surface area contributed by atoms with Crippen molar-refractivity contribution in [2.75, 3.05) is 11.9 Å². The van der Waals surface area contributed by atoms with E-state index in [1.807, 2.05) is 13.8 Å².